The molecule has 0 aliphatic heterocycles. The number of hydrogen-bond acceptors (Lipinski definition) is 2. The van der Waals surface area contributed by atoms with Crippen molar-refractivity contribution in [2.45, 2.75) is 32.2 Å². The van der Waals surface area contributed by atoms with E-state index in [1.807, 2.05) is 25.3 Å². The fourth-order valence-corrected chi connectivity index (χ4v) is 2.55. The number of alkyl halides is 1. The van der Waals surface area contributed by atoms with E-state index in [1.54, 1.807) is 6.07 Å². The van der Waals surface area contributed by atoms with Crippen LogP contribution in [-0.2, 0) is 11.4 Å². The van der Waals surface area contributed by atoms with Gasteiger partial charge in [0.15, 0.2) is 5.82 Å². The lowest BCUT2D eigenvalue weighted by atomic mass is 10.1. The molecule has 1 aromatic heterocycles. The van der Waals surface area contributed by atoms with Gasteiger partial charge in [0.25, 0.3) is 0 Å². The molecule has 2 rings (SSSR count). The molecule has 2 aromatic rings. The molecule has 1 heterocycles. The normalized spacial score (nSPS) is 11.9. The highest BCUT2D eigenvalue weighted by atomic mass is 79.9. The van der Waals surface area contributed by atoms with Crippen LogP contribution in [0, 0.1) is 5.82 Å². The standard InChI is InChI=1S/C13H14BrClFN3/c1-13(2,3)19-11(7-15)17-18-12(19)9-6-8(16)4-5-10(9)14/h4-6H,7H2,1-3H3. The summed E-state index contributed by atoms with van der Waals surface area (Å²) in [5.41, 5.74) is 0.424. The number of aromatic nitrogens is 3. The maximum Gasteiger partial charge on any atom is 0.165 e. The van der Waals surface area contributed by atoms with Gasteiger partial charge in [-0.05, 0) is 39.0 Å². The van der Waals surface area contributed by atoms with Crippen LogP contribution in [0.4, 0.5) is 4.39 Å². The zero-order valence-corrected chi connectivity index (χ0v) is 13.3. The molecule has 19 heavy (non-hydrogen) atoms. The van der Waals surface area contributed by atoms with Gasteiger partial charge >= 0.3 is 0 Å². The molecule has 0 aliphatic rings. The number of halogens is 3. The third-order valence-electron chi connectivity index (χ3n) is 2.69. The van der Waals surface area contributed by atoms with Crippen molar-refractivity contribution >= 4 is 27.5 Å². The van der Waals surface area contributed by atoms with Crippen molar-refractivity contribution in [3.8, 4) is 11.4 Å². The fraction of sp³-hybridized carbons (Fsp3) is 0.385. The topological polar surface area (TPSA) is 30.7 Å². The van der Waals surface area contributed by atoms with Crippen LogP contribution >= 0.6 is 27.5 Å². The van der Waals surface area contributed by atoms with Gasteiger partial charge in [0.05, 0.1) is 5.88 Å². The second-order valence-corrected chi connectivity index (χ2v) is 6.33. The summed E-state index contributed by atoms with van der Waals surface area (Å²) < 4.78 is 16.1. The van der Waals surface area contributed by atoms with E-state index < -0.39 is 0 Å². The van der Waals surface area contributed by atoms with Crippen molar-refractivity contribution < 1.29 is 4.39 Å². The van der Waals surface area contributed by atoms with E-state index in [1.165, 1.54) is 12.1 Å². The third kappa shape index (κ3) is 2.82. The van der Waals surface area contributed by atoms with E-state index in [0.717, 1.165) is 4.47 Å². The molecule has 0 amide bonds. The quantitative estimate of drug-likeness (QED) is 0.757. The molecule has 3 nitrogen and oxygen atoms in total. The van der Waals surface area contributed by atoms with E-state index in [9.17, 15) is 4.39 Å². The first-order valence-corrected chi connectivity index (χ1v) is 7.13. The molecule has 0 fully saturated rings. The van der Waals surface area contributed by atoms with E-state index in [0.29, 0.717) is 17.2 Å². The lowest BCUT2D eigenvalue weighted by molar-refractivity contribution is 0.390. The second kappa shape index (κ2) is 5.21. The first-order valence-electron chi connectivity index (χ1n) is 5.80. The zero-order valence-electron chi connectivity index (χ0n) is 10.9. The van der Waals surface area contributed by atoms with Crippen molar-refractivity contribution in [3.05, 3.63) is 34.3 Å². The fourth-order valence-electron chi connectivity index (χ4n) is 1.95. The predicted molar refractivity (Wildman–Crippen MR) is 77.7 cm³/mol. The van der Waals surface area contributed by atoms with Crippen molar-refractivity contribution in [1.82, 2.24) is 14.8 Å². The van der Waals surface area contributed by atoms with E-state index >= 15 is 0 Å². The van der Waals surface area contributed by atoms with Crippen LogP contribution in [-0.4, -0.2) is 14.8 Å². The Kier molecular flexibility index (Phi) is 3.97. The van der Waals surface area contributed by atoms with Gasteiger partial charge in [0, 0.05) is 15.6 Å². The van der Waals surface area contributed by atoms with Crippen molar-refractivity contribution in [1.29, 1.82) is 0 Å². The van der Waals surface area contributed by atoms with Crippen LogP contribution in [0.5, 0.6) is 0 Å². The Balaban J connectivity index is 2.69. The molecule has 0 aliphatic carbocycles. The van der Waals surface area contributed by atoms with Gasteiger partial charge in [-0.3, -0.25) is 0 Å². The summed E-state index contributed by atoms with van der Waals surface area (Å²) in [5.74, 6) is 1.22. The highest BCUT2D eigenvalue weighted by Crippen LogP contribution is 2.32. The van der Waals surface area contributed by atoms with Gasteiger partial charge in [0.1, 0.15) is 11.6 Å². The summed E-state index contributed by atoms with van der Waals surface area (Å²) in [6.45, 7) is 6.09. The average Bonchev–Trinajstić information content (AvgIpc) is 2.75. The highest BCUT2D eigenvalue weighted by molar-refractivity contribution is 9.10. The maximum atomic E-state index is 13.4. The molecule has 102 valence electrons. The third-order valence-corrected chi connectivity index (χ3v) is 3.62. The molecule has 0 N–H and O–H groups in total. The van der Waals surface area contributed by atoms with E-state index in [-0.39, 0.29) is 17.2 Å². The molecule has 1 aromatic carbocycles. The van der Waals surface area contributed by atoms with Crippen LogP contribution in [0.3, 0.4) is 0 Å². The number of hydrogen-bond donors (Lipinski definition) is 0. The molecular weight excluding hydrogens is 333 g/mol. The van der Waals surface area contributed by atoms with Crippen molar-refractivity contribution in [2.24, 2.45) is 0 Å². The minimum atomic E-state index is -0.311. The Morgan fingerprint density at radius 3 is 2.58 bits per heavy atom. The number of nitrogens with zero attached hydrogens (tertiary/aromatic N) is 3. The van der Waals surface area contributed by atoms with Gasteiger partial charge in [-0.2, -0.15) is 0 Å². The summed E-state index contributed by atoms with van der Waals surface area (Å²) in [7, 11) is 0. The molecule has 0 radical (unpaired) electrons. The largest absolute Gasteiger partial charge is 0.305 e. The summed E-state index contributed by atoms with van der Waals surface area (Å²) in [4.78, 5) is 0. The molecular formula is C13H14BrClFN3. The zero-order chi connectivity index (χ0) is 14.2. The van der Waals surface area contributed by atoms with Crippen LogP contribution < -0.4 is 0 Å². The van der Waals surface area contributed by atoms with Crippen LogP contribution in [0.2, 0.25) is 0 Å². The first kappa shape index (κ1) is 14.5. The van der Waals surface area contributed by atoms with Gasteiger partial charge in [-0.25, -0.2) is 4.39 Å². The smallest absolute Gasteiger partial charge is 0.165 e. The van der Waals surface area contributed by atoms with Crippen LogP contribution in [0.25, 0.3) is 11.4 Å². The van der Waals surface area contributed by atoms with Gasteiger partial charge in [0.2, 0.25) is 0 Å². The molecule has 0 bridgehead atoms. The molecule has 0 spiro atoms. The second-order valence-electron chi connectivity index (χ2n) is 5.20. The molecule has 0 saturated carbocycles. The van der Waals surface area contributed by atoms with Crippen molar-refractivity contribution in [2.75, 3.05) is 0 Å². The van der Waals surface area contributed by atoms with Crippen LogP contribution in [0.15, 0.2) is 22.7 Å². The Labute approximate surface area is 124 Å². The first-order chi connectivity index (χ1) is 8.84. The molecule has 0 unspecified atom stereocenters. The lowest BCUT2D eigenvalue weighted by Crippen LogP contribution is -2.25. The monoisotopic (exact) mass is 345 g/mol. The van der Waals surface area contributed by atoms with Crippen molar-refractivity contribution in [3.63, 3.8) is 0 Å². The Morgan fingerprint density at radius 1 is 1.32 bits per heavy atom. The highest BCUT2D eigenvalue weighted by Gasteiger charge is 2.24. The van der Waals surface area contributed by atoms with E-state index in [2.05, 4.69) is 26.1 Å². The minimum Gasteiger partial charge on any atom is -0.305 e. The summed E-state index contributed by atoms with van der Waals surface area (Å²) in [6, 6.07) is 4.49. The van der Waals surface area contributed by atoms with E-state index in [4.69, 9.17) is 11.6 Å². The summed E-state index contributed by atoms with van der Waals surface area (Å²) in [5, 5.41) is 8.24. The summed E-state index contributed by atoms with van der Waals surface area (Å²) >= 11 is 9.32. The van der Waals surface area contributed by atoms with Gasteiger partial charge in [-0.15, -0.1) is 21.8 Å². The Morgan fingerprint density at radius 2 is 2.00 bits per heavy atom. The molecule has 0 atom stereocenters. The Bertz CT molecular complexity index is 604. The molecule has 0 saturated heterocycles. The van der Waals surface area contributed by atoms with Gasteiger partial charge in [-0.1, -0.05) is 15.9 Å². The predicted octanol–water partition coefficient (Wildman–Crippen LogP) is 4.34. The number of rotatable bonds is 2. The summed E-state index contributed by atoms with van der Waals surface area (Å²) in [6.07, 6.45) is 0. The Hall–Kier alpha value is -0.940. The molecule has 6 heteroatoms. The minimum absolute atomic E-state index is 0.241. The maximum absolute atomic E-state index is 13.4. The average molecular weight is 347 g/mol. The number of benzene rings is 1. The van der Waals surface area contributed by atoms with Gasteiger partial charge < -0.3 is 4.57 Å². The SMILES string of the molecule is CC(C)(C)n1c(CCl)nnc1-c1cc(F)ccc1Br. The lowest BCUT2D eigenvalue weighted by Gasteiger charge is -2.24. The van der Waals surface area contributed by atoms with Crippen LogP contribution in [0.1, 0.15) is 26.6 Å².